The van der Waals surface area contributed by atoms with Crippen LogP contribution in [-0.2, 0) is 0 Å². The summed E-state index contributed by atoms with van der Waals surface area (Å²) in [7, 11) is 0. The Hall–Kier alpha value is -2.41. The lowest BCUT2D eigenvalue weighted by atomic mass is 10.0. The van der Waals surface area contributed by atoms with Crippen molar-refractivity contribution in [2.45, 2.75) is 20.8 Å². The van der Waals surface area contributed by atoms with Crippen LogP contribution in [0.4, 0.5) is 14.5 Å². The highest BCUT2D eigenvalue weighted by Gasteiger charge is 2.24. The molecule has 0 aliphatic carbocycles. The maximum absolute atomic E-state index is 14.8. The molecule has 26 heavy (non-hydrogen) atoms. The van der Waals surface area contributed by atoms with Gasteiger partial charge in [-0.3, -0.25) is 4.79 Å². The van der Waals surface area contributed by atoms with Crippen LogP contribution in [0.25, 0.3) is 11.0 Å². The van der Waals surface area contributed by atoms with Crippen molar-refractivity contribution < 1.29 is 13.6 Å². The van der Waals surface area contributed by atoms with Gasteiger partial charge in [0.2, 0.25) is 5.78 Å². The minimum atomic E-state index is -0.888. The van der Waals surface area contributed by atoms with Gasteiger partial charge >= 0.3 is 0 Å². The number of hydrogen-bond acceptors (Lipinski definition) is 4. The summed E-state index contributed by atoms with van der Waals surface area (Å²) >= 11 is 1.32. The molecule has 2 N–H and O–H groups in total. The molecule has 0 spiro atoms. The lowest BCUT2D eigenvalue weighted by molar-refractivity contribution is 0.103. The number of nitrogens with zero attached hydrogens (tertiary/aromatic N) is 1. The zero-order valence-electron chi connectivity index (χ0n) is 14.7. The van der Waals surface area contributed by atoms with Gasteiger partial charge in [0, 0.05) is 29.1 Å². The van der Waals surface area contributed by atoms with Crippen molar-refractivity contribution in [2.75, 3.05) is 10.5 Å². The molecule has 7 heteroatoms. The van der Waals surface area contributed by atoms with Crippen LogP contribution in [0.5, 0.6) is 0 Å². The number of hydrogen-bond donors (Lipinski definition) is 2. The second-order valence-electron chi connectivity index (χ2n) is 6.53. The number of rotatable bonds is 6. The molecule has 0 bridgehead atoms. The molecule has 3 aromatic rings. The molecule has 0 atom stereocenters. The molecule has 0 fully saturated rings. The van der Waals surface area contributed by atoms with Crippen LogP contribution in [-0.4, -0.2) is 21.5 Å². The summed E-state index contributed by atoms with van der Waals surface area (Å²) in [6.45, 7) is 5.92. The maximum atomic E-state index is 14.8. The van der Waals surface area contributed by atoms with E-state index < -0.39 is 23.0 Å². The Balaban J connectivity index is 1.99. The molecule has 0 amide bonds. The van der Waals surface area contributed by atoms with Crippen LogP contribution in [0.2, 0.25) is 0 Å². The van der Waals surface area contributed by atoms with Gasteiger partial charge in [-0.25, -0.2) is 13.8 Å². The number of anilines is 1. The predicted octanol–water partition coefficient (Wildman–Crippen LogP) is 5.10. The Bertz CT molecular complexity index is 969. The van der Waals surface area contributed by atoms with Crippen LogP contribution in [0.1, 0.15) is 35.3 Å². The molecule has 0 aliphatic heterocycles. The number of aryl methyl sites for hydroxylation is 1. The summed E-state index contributed by atoms with van der Waals surface area (Å²) in [5, 5.41) is 0.543. The third kappa shape index (κ3) is 3.58. The lowest BCUT2D eigenvalue weighted by Crippen LogP contribution is -2.09. The number of aromatic amines is 1. The topological polar surface area (TPSA) is 57.8 Å². The van der Waals surface area contributed by atoms with Crippen molar-refractivity contribution in [1.82, 2.24) is 9.97 Å². The van der Waals surface area contributed by atoms with E-state index in [1.54, 1.807) is 12.3 Å². The van der Waals surface area contributed by atoms with Gasteiger partial charge in [0.25, 0.3) is 0 Å². The molecule has 1 aromatic carbocycles. The van der Waals surface area contributed by atoms with E-state index >= 15 is 0 Å². The summed E-state index contributed by atoms with van der Waals surface area (Å²) in [4.78, 5) is 19.9. The highest BCUT2D eigenvalue weighted by Crippen LogP contribution is 2.28. The molecule has 2 heterocycles. The Labute approximate surface area is 154 Å². The van der Waals surface area contributed by atoms with Crippen molar-refractivity contribution in [3.8, 4) is 0 Å². The third-order valence-electron chi connectivity index (χ3n) is 3.83. The van der Waals surface area contributed by atoms with Gasteiger partial charge in [0.05, 0.1) is 11.3 Å². The van der Waals surface area contributed by atoms with Crippen molar-refractivity contribution in [3.05, 3.63) is 58.9 Å². The van der Waals surface area contributed by atoms with Gasteiger partial charge in [-0.05, 0) is 36.6 Å². The Morgan fingerprint density at radius 3 is 2.85 bits per heavy atom. The fourth-order valence-corrected chi connectivity index (χ4v) is 3.29. The zero-order chi connectivity index (χ0) is 18.8. The highest BCUT2D eigenvalue weighted by atomic mass is 32.2. The number of halogens is 2. The standard InChI is InChI=1S/C19H19F2N3OS/c1-10(2)9-26-24-15-5-4-14(20)16(17(15)21)18(25)13-8-23-19-12(13)6-11(3)7-22-19/h4-8,10,24H,9H2,1-3H3,(H,22,23). The first-order chi connectivity index (χ1) is 12.4. The van der Waals surface area contributed by atoms with Crippen LogP contribution in [0.3, 0.4) is 0 Å². The molecule has 4 nitrogen and oxygen atoms in total. The number of aromatic nitrogens is 2. The Kier molecular flexibility index (Phi) is 5.27. The van der Waals surface area contributed by atoms with Crippen molar-refractivity contribution in [3.63, 3.8) is 0 Å². The summed E-state index contributed by atoms with van der Waals surface area (Å²) in [6.07, 6.45) is 3.09. The number of H-pyrrole nitrogens is 1. The van der Waals surface area contributed by atoms with Crippen LogP contribution in [0.15, 0.2) is 30.6 Å². The van der Waals surface area contributed by atoms with Crippen LogP contribution < -0.4 is 4.72 Å². The maximum Gasteiger partial charge on any atom is 0.201 e. The molecule has 0 aliphatic rings. The number of carbonyl (C=O) groups is 1. The van der Waals surface area contributed by atoms with Gasteiger partial charge in [-0.2, -0.15) is 0 Å². The number of nitrogens with one attached hydrogen (secondary N) is 2. The summed E-state index contributed by atoms with van der Waals surface area (Å²) in [6, 6.07) is 4.17. The van der Waals surface area contributed by atoms with Crippen molar-refractivity contribution in [2.24, 2.45) is 5.92 Å². The smallest absolute Gasteiger partial charge is 0.201 e. The van der Waals surface area contributed by atoms with Crippen molar-refractivity contribution in [1.29, 1.82) is 0 Å². The minimum Gasteiger partial charge on any atom is -0.345 e. The molecule has 0 unspecified atom stereocenters. The summed E-state index contributed by atoms with van der Waals surface area (Å²) in [5.41, 5.74) is 1.08. The van der Waals surface area contributed by atoms with Gasteiger partial charge in [0.15, 0.2) is 5.82 Å². The molecule has 0 saturated carbocycles. The molecular weight excluding hydrogens is 356 g/mol. The van der Waals surface area contributed by atoms with Gasteiger partial charge in [-0.1, -0.05) is 25.8 Å². The van der Waals surface area contributed by atoms with Gasteiger partial charge in [-0.15, -0.1) is 0 Å². The molecule has 0 saturated heterocycles. The zero-order valence-corrected chi connectivity index (χ0v) is 15.5. The fourth-order valence-electron chi connectivity index (χ4n) is 2.56. The monoisotopic (exact) mass is 375 g/mol. The van der Waals surface area contributed by atoms with Crippen LogP contribution >= 0.6 is 11.9 Å². The van der Waals surface area contributed by atoms with E-state index in [1.165, 1.54) is 24.2 Å². The summed E-state index contributed by atoms with van der Waals surface area (Å²) in [5.74, 6) is -1.31. The average Bonchev–Trinajstić information content (AvgIpc) is 2.99. The van der Waals surface area contributed by atoms with E-state index in [0.717, 1.165) is 17.4 Å². The second kappa shape index (κ2) is 7.45. The fraction of sp³-hybridized carbons (Fsp3) is 0.263. The van der Waals surface area contributed by atoms with E-state index in [9.17, 15) is 13.6 Å². The largest absolute Gasteiger partial charge is 0.345 e. The number of fused-ring (bicyclic) bond motifs is 1. The molecule has 136 valence electrons. The predicted molar refractivity (Wildman–Crippen MR) is 102 cm³/mol. The lowest BCUT2D eigenvalue weighted by Gasteiger charge is -2.11. The third-order valence-corrected chi connectivity index (χ3v) is 5.03. The Morgan fingerprint density at radius 1 is 1.35 bits per heavy atom. The quantitative estimate of drug-likeness (QED) is 0.465. The number of ketones is 1. The normalized spacial score (nSPS) is 11.3. The molecule has 3 rings (SSSR count). The second-order valence-corrected chi connectivity index (χ2v) is 7.36. The molecule has 2 aromatic heterocycles. The first-order valence-corrected chi connectivity index (χ1v) is 9.21. The highest BCUT2D eigenvalue weighted by molar-refractivity contribution is 8.00. The van der Waals surface area contributed by atoms with Gasteiger partial charge < -0.3 is 9.71 Å². The van der Waals surface area contributed by atoms with E-state index in [2.05, 4.69) is 14.7 Å². The van der Waals surface area contributed by atoms with E-state index in [1.807, 2.05) is 20.8 Å². The van der Waals surface area contributed by atoms with E-state index in [0.29, 0.717) is 17.0 Å². The Morgan fingerprint density at radius 2 is 2.12 bits per heavy atom. The van der Waals surface area contributed by atoms with Crippen LogP contribution in [0, 0.1) is 24.5 Å². The number of carbonyl (C=O) groups excluding carboxylic acids is 1. The summed E-state index contributed by atoms with van der Waals surface area (Å²) < 4.78 is 32.0. The number of pyridine rings is 1. The average molecular weight is 375 g/mol. The van der Waals surface area contributed by atoms with Gasteiger partial charge in [0.1, 0.15) is 11.5 Å². The van der Waals surface area contributed by atoms with E-state index in [4.69, 9.17) is 0 Å². The molecule has 0 radical (unpaired) electrons. The SMILES string of the molecule is Cc1cnc2[nH]cc(C(=O)c3c(F)ccc(NSCC(C)C)c3F)c2c1. The number of benzene rings is 1. The van der Waals surface area contributed by atoms with Crippen molar-refractivity contribution >= 4 is 34.5 Å². The first kappa shape index (κ1) is 18.4. The minimum absolute atomic E-state index is 0.0922. The molecular formula is C19H19F2N3OS. The first-order valence-electron chi connectivity index (χ1n) is 8.22. The van der Waals surface area contributed by atoms with E-state index in [-0.39, 0.29) is 11.3 Å².